The van der Waals surface area contributed by atoms with Gasteiger partial charge in [-0.1, -0.05) is 12.1 Å². The predicted octanol–water partition coefficient (Wildman–Crippen LogP) is 2.14. The van der Waals surface area contributed by atoms with Crippen molar-refractivity contribution < 1.29 is 12.8 Å². The molecule has 1 atom stereocenters. The monoisotopic (exact) mass is 297 g/mol. The van der Waals surface area contributed by atoms with Gasteiger partial charge in [-0.05, 0) is 42.9 Å². The van der Waals surface area contributed by atoms with Crippen LogP contribution in [-0.4, -0.2) is 37.4 Å². The summed E-state index contributed by atoms with van der Waals surface area (Å²) >= 11 is 0. The molecule has 0 spiro atoms. The van der Waals surface area contributed by atoms with E-state index in [-0.39, 0.29) is 23.4 Å². The van der Waals surface area contributed by atoms with E-state index in [1.54, 1.807) is 13.0 Å². The van der Waals surface area contributed by atoms with Gasteiger partial charge in [0.15, 0.2) is 9.84 Å². The molecule has 0 bridgehead atoms. The van der Waals surface area contributed by atoms with Crippen molar-refractivity contribution in [2.75, 3.05) is 18.1 Å². The maximum atomic E-state index is 13.3. The van der Waals surface area contributed by atoms with Crippen molar-refractivity contribution in [3.63, 3.8) is 0 Å². The summed E-state index contributed by atoms with van der Waals surface area (Å²) in [6.07, 6.45) is 2.28. The van der Waals surface area contributed by atoms with Crippen molar-refractivity contribution in [3.05, 3.63) is 35.1 Å². The lowest BCUT2D eigenvalue weighted by Gasteiger charge is -2.35. The molecule has 2 aliphatic rings. The summed E-state index contributed by atoms with van der Waals surface area (Å²) in [4.78, 5) is 2.27. The number of halogens is 1. The van der Waals surface area contributed by atoms with Gasteiger partial charge in [0, 0.05) is 19.1 Å². The fraction of sp³-hybridized carbons (Fsp3) is 0.600. The van der Waals surface area contributed by atoms with Crippen molar-refractivity contribution in [1.29, 1.82) is 0 Å². The number of hydrogen-bond donors (Lipinski definition) is 0. The molecule has 1 aliphatic heterocycles. The Balaban J connectivity index is 1.76. The van der Waals surface area contributed by atoms with E-state index in [0.29, 0.717) is 18.0 Å². The van der Waals surface area contributed by atoms with Crippen LogP contribution >= 0.6 is 0 Å². The number of rotatable bonds is 3. The number of nitrogens with zero attached hydrogens (tertiary/aromatic N) is 1. The second-order valence-corrected chi connectivity index (χ2v) is 8.30. The number of aryl methyl sites for hydroxylation is 1. The largest absolute Gasteiger partial charge is 0.294 e. The standard InChI is InChI=1S/C15H20FNO2S/c1-11-8-12(2-5-14(11)16)9-17-6-7-20(18,19)10-15(17)13-3-4-13/h2,5,8,13,15H,3-4,6-7,9-10H2,1H3/t15-/m0/s1. The maximum absolute atomic E-state index is 13.3. The lowest BCUT2D eigenvalue weighted by molar-refractivity contribution is 0.185. The van der Waals surface area contributed by atoms with Crippen LogP contribution in [-0.2, 0) is 16.4 Å². The molecule has 1 aromatic carbocycles. The summed E-state index contributed by atoms with van der Waals surface area (Å²) in [5.74, 6) is 0.883. The highest BCUT2D eigenvalue weighted by atomic mass is 32.2. The molecule has 2 fully saturated rings. The van der Waals surface area contributed by atoms with Gasteiger partial charge in [0.05, 0.1) is 11.5 Å². The average molecular weight is 297 g/mol. The van der Waals surface area contributed by atoms with E-state index >= 15 is 0 Å². The molecule has 0 unspecified atom stereocenters. The summed E-state index contributed by atoms with van der Waals surface area (Å²) in [6.45, 7) is 3.08. The van der Waals surface area contributed by atoms with Crippen LogP contribution in [0.25, 0.3) is 0 Å². The Bertz CT molecular complexity index is 610. The van der Waals surface area contributed by atoms with Crippen LogP contribution in [0.15, 0.2) is 18.2 Å². The number of benzene rings is 1. The van der Waals surface area contributed by atoms with Crippen LogP contribution in [0.2, 0.25) is 0 Å². The fourth-order valence-electron chi connectivity index (χ4n) is 3.02. The highest BCUT2D eigenvalue weighted by molar-refractivity contribution is 7.91. The molecule has 1 saturated carbocycles. The van der Waals surface area contributed by atoms with Gasteiger partial charge in [0.2, 0.25) is 0 Å². The van der Waals surface area contributed by atoms with E-state index in [1.807, 2.05) is 6.07 Å². The smallest absolute Gasteiger partial charge is 0.153 e. The number of sulfone groups is 1. The topological polar surface area (TPSA) is 37.4 Å². The van der Waals surface area contributed by atoms with Crippen molar-refractivity contribution in [1.82, 2.24) is 4.90 Å². The molecular formula is C15H20FNO2S. The van der Waals surface area contributed by atoms with Gasteiger partial charge in [0.1, 0.15) is 5.82 Å². The third kappa shape index (κ3) is 3.04. The second-order valence-electron chi connectivity index (χ2n) is 6.07. The van der Waals surface area contributed by atoms with E-state index in [2.05, 4.69) is 4.90 Å². The van der Waals surface area contributed by atoms with E-state index < -0.39 is 9.84 Å². The first-order valence-electron chi connectivity index (χ1n) is 7.14. The zero-order chi connectivity index (χ0) is 14.3. The van der Waals surface area contributed by atoms with Crippen molar-refractivity contribution in [2.45, 2.75) is 32.4 Å². The summed E-state index contributed by atoms with van der Waals surface area (Å²) in [5, 5.41) is 0. The first-order chi connectivity index (χ1) is 9.44. The van der Waals surface area contributed by atoms with E-state index in [9.17, 15) is 12.8 Å². The normalized spacial score (nSPS) is 26.6. The predicted molar refractivity (Wildman–Crippen MR) is 76.7 cm³/mol. The van der Waals surface area contributed by atoms with E-state index in [4.69, 9.17) is 0 Å². The average Bonchev–Trinajstić information content (AvgIpc) is 3.20. The molecule has 0 aromatic heterocycles. The molecule has 1 saturated heterocycles. The van der Waals surface area contributed by atoms with Crippen molar-refractivity contribution in [3.8, 4) is 0 Å². The Morgan fingerprint density at radius 1 is 1.35 bits per heavy atom. The van der Waals surface area contributed by atoms with Gasteiger partial charge in [0.25, 0.3) is 0 Å². The lowest BCUT2D eigenvalue weighted by atomic mass is 10.1. The molecule has 0 radical (unpaired) electrons. The Morgan fingerprint density at radius 2 is 2.10 bits per heavy atom. The molecule has 1 aromatic rings. The molecule has 0 N–H and O–H groups in total. The zero-order valence-corrected chi connectivity index (χ0v) is 12.5. The van der Waals surface area contributed by atoms with Crippen LogP contribution in [0.3, 0.4) is 0 Å². The first-order valence-corrected chi connectivity index (χ1v) is 8.96. The van der Waals surface area contributed by atoms with Gasteiger partial charge in [-0.25, -0.2) is 12.8 Å². The zero-order valence-electron chi connectivity index (χ0n) is 11.7. The van der Waals surface area contributed by atoms with Gasteiger partial charge < -0.3 is 0 Å². The Kier molecular flexibility index (Phi) is 3.58. The molecule has 3 nitrogen and oxygen atoms in total. The van der Waals surface area contributed by atoms with Crippen LogP contribution in [0.1, 0.15) is 24.0 Å². The summed E-state index contributed by atoms with van der Waals surface area (Å²) in [6, 6.07) is 5.31. The molecule has 0 amide bonds. The minimum absolute atomic E-state index is 0.152. The Hall–Kier alpha value is -0.940. The fourth-order valence-corrected chi connectivity index (χ4v) is 4.70. The molecule has 3 rings (SSSR count). The summed E-state index contributed by atoms with van der Waals surface area (Å²) < 4.78 is 36.9. The second kappa shape index (κ2) is 5.11. The molecule has 110 valence electrons. The third-order valence-electron chi connectivity index (χ3n) is 4.36. The highest BCUT2D eigenvalue weighted by Crippen LogP contribution is 2.38. The van der Waals surface area contributed by atoms with E-state index in [0.717, 1.165) is 24.9 Å². The Labute approximate surface area is 119 Å². The molecule has 5 heteroatoms. The highest BCUT2D eigenvalue weighted by Gasteiger charge is 2.40. The van der Waals surface area contributed by atoms with Crippen LogP contribution in [0, 0.1) is 18.7 Å². The lowest BCUT2D eigenvalue weighted by Crippen LogP contribution is -2.49. The minimum Gasteiger partial charge on any atom is -0.294 e. The molecular weight excluding hydrogens is 277 g/mol. The molecule has 1 heterocycles. The van der Waals surface area contributed by atoms with E-state index in [1.165, 1.54) is 6.07 Å². The summed E-state index contributed by atoms with van der Waals surface area (Å²) in [7, 11) is -2.88. The van der Waals surface area contributed by atoms with Gasteiger partial charge in [-0.2, -0.15) is 0 Å². The Morgan fingerprint density at radius 3 is 2.75 bits per heavy atom. The van der Waals surface area contributed by atoms with Crippen LogP contribution in [0.5, 0.6) is 0 Å². The quantitative estimate of drug-likeness (QED) is 0.858. The van der Waals surface area contributed by atoms with Crippen LogP contribution < -0.4 is 0 Å². The molecule has 1 aliphatic carbocycles. The van der Waals surface area contributed by atoms with Crippen molar-refractivity contribution >= 4 is 9.84 Å². The van der Waals surface area contributed by atoms with Crippen molar-refractivity contribution in [2.24, 2.45) is 5.92 Å². The summed E-state index contributed by atoms with van der Waals surface area (Å²) in [5.41, 5.74) is 1.71. The maximum Gasteiger partial charge on any atom is 0.153 e. The first kappa shape index (κ1) is 14.0. The molecule has 20 heavy (non-hydrogen) atoms. The van der Waals surface area contributed by atoms with Gasteiger partial charge >= 0.3 is 0 Å². The van der Waals surface area contributed by atoms with Crippen LogP contribution in [0.4, 0.5) is 4.39 Å². The third-order valence-corrected chi connectivity index (χ3v) is 6.01. The SMILES string of the molecule is Cc1cc(CN2CCS(=O)(=O)C[C@H]2C2CC2)ccc1F. The van der Waals surface area contributed by atoms with Gasteiger partial charge in [-0.3, -0.25) is 4.90 Å². The number of hydrogen-bond acceptors (Lipinski definition) is 3. The minimum atomic E-state index is -2.88. The van der Waals surface area contributed by atoms with Gasteiger partial charge in [-0.15, -0.1) is 0 Å².